The van der Waals surface area contributed by atoms with E-state index in [0.29, 0.717) is 24.5 Å². The van der Waals surface area contributed by atoms with Crippen LogP contribution in [0.2, 0.25) is 0 Å². The summed E-state index contributed by atoms with van der Waals surface area (Å²) >= 11 is 0. The first-order valence-corrected chi connectivity index (χ1v) is 9.36. The fourth-order valence-corrected chi connectivity index (χ4v) is 3.31. The van der Waals surface area contributed by atoms with Crippen LogP contribution in [0.15, 0.2) is 72.8 Å². The zero-order valence-corrected chi connectivity index (χ0v) is 18.7. The van der Waals surface area contributed by atoms with Crippen LogP contribution in [0.1, 0.15) is 5.56 Å². The van der Waals surface area contributed by atoms with Gasteiger partial charge in [-0.15, -0.1) is 0 Å². The molecule has 0 saturated heterocycles. The van der Waals surface area contributed by atoms with Gasteiger partial charge in [-0.3, -0.25) is 0 Å². The van der Waals surface area contributed by atoms with Gasteiger partial charge in [-0.1, -0.05) is 36.4 Å². The number of carbonyl (C=O) groups is 1. The Labute approximate surface area is 197 Å². The van der Waals surface area contributed by atoms with E-state index in [2.05, 4.69) is 4.90 Å². The molecule has 3 aromatic rings. The molecule has 0 amide bonds. The van der Waals surface area contributed by atoms with Crippen molar-refractivity contribution in [3.05, 3.63) is 78.4 Å². The number of anilines is 2. The summed E-state index contributed by atoms with van der Waals surface area (Å²) in [6, 6.07) is 22.8. The van der Waals surface area contributed by atoms with Crippen LogP contribution in [-0.4, -0.2) is 30.3 Å². The summed E-state index contributed by atoms with van der Waals surface area (Å²) in [5.41, 5.74) is 2.67. The van der Waals surface area contributed by atoms with Gasteiger partial charge in [0.05, 0.1) is 30.0 Å². The van der Waals surface area contributed by atoms with Gasteiger partial charge in [-0.2, -0.15) is 0 Å². The van der Waals surface area contributed by atoms with Crippen LogP contribution in [0.25, 0.3) is 0 Å². The summed E-state index contributed by atoms with van der Waals surface area (Å²) in [5, 5.41) is 20.0. The van der Waals surface area contributed by atoms with E-state index >= 15 is 0 Å². The number of rotatable bonds is 7. The average molecular weight is 413 g/mol. The number of fused-ring (bicyclic) bond motifs is 2. The maximum atomic E-state index is 10.6. The fourth-order valence-electron chi connectivity index (χ4n) is 3.31. The third-order valence-corrected chi connectivity index (χ3v) is 4.74. The molecule has 1 atom stereocenters. The second kappa shape index (κ2) is 10.00. The number of carboxylic acids is 1. The van der Waals surface area contributed by atoms with E-state index in [0.717, 1.165) is 22.9 Å². The molecule has 4 rings (SSSR count). The molecular weight excluding hydrogens is 393 g/mol. The van der Waals surface area contributed by atoms with Crippen LogP contribution >= 0.6 is 0 Å². The van der Waals surface area contributed by atoms with E-state index in [1.807, 2.05) is 48.5 Å². The first-order valence-electron chi connectivity index (χ1n) is 9.36. The Bertz CT molecular complexity index is 963. The maximum absolute atomic E-state index is 10.6. The molecule has 148 valence electrons. The minimum absolute atomic E-state index is 0. The number of hydrogen-bond acceptors (Lipinski definition) is 6. The molecule has 0 bridgehead atoms. The quantitative estimate of drug-likeness (QED) is 0.534. The predicted molar refractivity (Wildman–Crippen MR) is 107 cm³/mol. The van der Waals surface area contributed by atoms with Crippen LogP contribution < -0.4 is 49.0 Å². The summed E-state index contributed by atoms with van der Waals surface area (Å²) in [6.45, 7) is 1.08. The summed E-state index contributed by atoms with van der Waals surface area (Å²) in [4.78, 5) is 12.8. The number of benzene rings is 3. The predicted octanol–water partition coefficient (Wildman–Crippen LogP) is -0.333. The summed E-state index contributed by atoms with van der Waals surface area (Å²) in [5.74, 6) is 0.812. The van der Waals surface area contributed by atoms with Crippen LogP contribution in [-0.2, 0) is 11.2 Å². The molecule has 0 aliphatic carbocycles. The smallest absolute Gasteiger partial charge is 0.547 e. The van der Waals surface area contributed by atoms with Crippen molar-refractivity contribution in [3.8, 4) is 17.2 Å². The van der Waals surface area contributed by atoms with Crippen molar-refractivity contribution in [3.63, 3.8) is 0 Å². The molecule has 1 aliphatic heterocycles. The van der Waals surface area contributed by atoms with E-state index in [4.69, 9.17) is 9.47 Å². The van der Waals surface area contributed by atoms with Crippen molar-refractivity contribution in [1.29, 1.82) is 0 Å². The van der Waals surface area contributed by atoms with Gasteiger partial charge < -0.3 is 29.4 Å². The van der Waals surface area contributed by atoms with Crippen molar-refractivity contribution in [2.24, 2.45) is 0 Å². The van der Waals surface area contributed by atoms with Crippen LogP contribution in [0.5, 0.6) is 17.2 Å². The number of para-hydroxylation sites is 4. The van der Waals surface area contributed by atoms with E-state index in [1.54, 1.807) is 24.3 Å². The molecule has 0 aromatic heterocycles. The fraction of sp³-hybridized carbons (Fsp3) is 0.174. The maximum Gasteiger partial charge on any atom is 1.00 e. The molecule has 1 N–H and O–H groups in total. The summed E-state index contributed by atoms with van der Waals surface area (Å²) in [6.07, 6.45) is -1.51. The minimum Gasteiger partial charge on any atom is -0.547 e. The molecule has 7 heteroatoms. The zero-order valence-electron chi connectivity index (χ0n) is 16.7. The first-order chi connectivity index (χ1) is 14.1. The molecule has 0 radical (unpaired) electrons. The molecule has 0 fully saturated rings. The Morgan fingerprint density at radius 3 is 2.10 bits per heavy atom. The zero-order chi connectivity index (χ0) is 20.2. The second-order valence-electron chi connectivity index (χ2n) is 6.72. The van der Waals surface area contributed by atoms with Crippen molar-refractivity contribution < 1.29 is 54.0 Å². The molecular formula is C23H20NNaO5. The Balaban J connectivity index is 0.00000256. The molecule has 6 nitrogen and oxygen atoms in total. The van der Waals surface area contributed by atoms with Crippen molar-refractivity contribution in [2.75, 3.05) is 18.1 Å². The monoisotopic (exact) mass is 413 g/mol. The summed E-state index contributed by atoms with van der Waals surface area (Å²) < 4.78 is 11.9. The number of aliphatic carboxylic acids is 1. The normalized spacial score (nSPS) is 12.6. The molecule has 0 spiro atoms. The molecule has 0 saturated carbocycles. The van der Waals surface area contributed by atoms with E-state index in [1.165, 1.54) is 0 Å². The van der Waals surface area contributed by atoms with Gasteiger partial charge in [0.25, 0.3) is 0 Å². The number of carboxylic acid groups (broad SMARTS) is 1. The minimum atomic E-state index is -1.51. The number of hydrogen-bond donors (Lipinski definition) is 1. The van der Waals surface area contributed by atoms with Gasteiger partial charge in [-0.25, -0.2) is 0 Å². The van der Waals surface area contributed by atoms with Gasteiger partial charge in [0.1, 0.15) is 12.4 Å². The summed E-state index contributed by atoms with van der Waals surface area (Å²) in [7, 11) is 0. The first kappa shape index (κ1) is 22.2. The van der Waals surface area contributed by atoms with Gasteiger partial charge >= 0.3 is 29.6 Å². The number of carbonyl (C=O) groups excluding carboxylic acids is 1. The van der Waals surface area contributed by atoms with Crippen molar-refractivity contribution in [1.82, 2.24) is 0 Å². The number of aliphatic hydroxyl groups is 1. The van der Waals surface area contributed by atoms with Crippen molar-refractivity contribution >= 4 is 17.3 Å². The molecule has 3 aromatic carbocycles. The van der Waals surface area contributed by atoms with Gasteiger partial charge in [-0.05, 0) is 42.0 Å². The van der Waals surface area contributed by atoms with E-state index in [9.17, 15) is 15.0 Å². The number of aliphatic hydroxyl groups excluding tert-OH is 1. The van der Waals surface area contributed by atoms with Gasteiger partial charge in [0, 0.05) is 6.42 Å². The Morgan fingerprint density at radius 1 is 0.967 bits per heavy atom. The topological polar surface area (TPSA) is 82.1 Å². The van der Waals surface area contributed by atoms with Crippen LogP contribution in [0.4, 0.5) is 11.4 Å². The molecule has 30 heavy (non-hydrogen) atoms. The molecule has 1 aliphatic rings. The van der Waals surface area contributed by atoms with E-state index < -0.39 is 12.1 Å². The molecule has 1 unspecified atom stereocenters. The van der Waals surface area contributed by atoms with Crippen molar-refractivity contribution in [2.45, 2.75) is 12.5 Å². The second-order valence-corrected chi connectivity index (χ2v) is 6.72. The Kier molecular flexibility index (Phi) is 7.39. The third kappa shape index (κ3) is 4.96. The van der Waals surface area contributed by atoms with Crippen LogP contribution in [0.3, 0.4) is 0 Å². The van der Waals surface area contributed by atoms with E-state index in [-0.39, 0.29) is 36.0 Å². The third-order valence-electron chi connectivity index (χ3n) is 4.74. The van der Waals surface area contributed by atoms with Crippen LogP contribution in [0, 0.1) is 0 Å². The standard InChI is InChI=1S/C23H21NO5.Na/c25-20(23(26)27)15-16-9-11-17(12-10-16)28-14-13-24-18-5-1-3-7-21(18)29-22-8-4-2-6-19(22)24;/h1-12,20,25H,13-15H2,(H,26,27);/q;+1/p-1. The Morgan fingerprint density at radius 2 is 1.53 bits per heavy atom. The number of nitrogens with zero attached hydrogens (tertiary/aromatic N) is 1. The average Bonchev–Trinajstić information content (AvgIpc) is 2.74. The number of ether oxygens (including phenoxy) is 2. The largest absolute Gasteiger partial charge is 1.00 e. The SMILES string of the molecule is O=C([O-])C(O)Cc1ccc(OCCN2c3ccccc3Oc3ccccc32)cc1.[Na+]. The Hall–Kier alpha value is -2.51. The molecule has 1 heterocycles. The van der Waals surface area contributed by atoms with Gasteiger partial charge in [0.2, 0.25) is 0 Å². The van der Waals surface area contributed by atoms with Gasteiger partial charge in [0.15, 0.2) is 11.5 Å².